The van der Waals surface area contributed by atoms with Gasteiger partial charge in [-0.05, 0) is 31.2 Å². The van der Waals surface area contributed by atoms with Crippen molar-refractivity contribution in [2.24, 2.45) is 0 Å². The third-order valence-electron chi connectivity index (χ3n) is 2.91. The minimum absolute atomic E-state index is 0.103. The maximum Gasteiger partial charge on any atom is 0.375 e. The molecule has 110 valence electrons. The molecule has 5 nitrogen and oxygen atoms in total. The van der Waals surface area contributed by atoms with E-state index < -0.39 is 18.0 Å². The summed E-state index contributed by atoms with van der Waals surface area (Å²) in [6.45, 7) is 3.43. The van der Waals surface area contributed by atoms with Gasteiger partial charge in [0.2, 0.25) is 5.76 Å². The highest BCUT2D eigenvalue weighted by molar-refractivity contribution is 5.96. The molecule has 0 aliphatic rings. The molecule has 5 heteroatoms. The van der Waals surface area contributed by atoms with Crippen LogP contribution in [-0.4, -0.2) is 18.0 Å². The maximum absolute atomic E-state index is 11.9. The lowest BCUT2D eigenvalue weighted by Gasteiger charge is -2.12. The minimum Gasteiger partial charge on any atom is -0.454 e. The van der Waals surface area contributed by atoms with E-state index in [0.717, 1.165) is 0 Å². The summed E-state index contributed by atoms with van der Waals surface area (Å²) < 4.78 is 10.4. The lowest BCUT2D eigenvalue weighted by molar-refractivity contribution is -0.123. The van der Waals surface area contributed by atoms with Crippen LogP contribution in [0, 0.1) is 0 Å². The molecule has 0 saturated carbocycles. The highest BCUT2D eigenvalue weighted by Gasteiger charge is 2.21. The molecule has 0 aliphatic heterocycles. The van der Waals surface area contributed by atoms with Crippen molar-refractivity contribution in [3.05, 3.63) is 54.0 Å². The van der Waals surface area contributed by atoms with Crippen LogP contribution in [0.25, 0.3) is 0 Å². The number of hydrogen-bond donors (Lipinski definition) is 1. The summed E-state index contributed by atoms with van der Waals surface area (Å²) in [4.78, 5) is 23.8. The maximum atomic E-state index is 11.9. The fraction of sp³-hybridized carbons (Fsp3) is 0.250. The molecule has 0 fully saturated rings. The number of rotatable bonds is 5. The predicted molar refractivity (Wildman–Crippen MR) is 78.0 cm³/mol. The molecule has 0 aliphatic carbocycles. The molecular formula is C16H17NO4. The van der Waals surface area contributed by atoms with Crippen LogP contribution in [0.3, 0.4) is 0 Å². The summed E-state index contributed by atoms with van der Waals surface area (Å²) in [5, 5.41) is 2.67. The number of hydrogen-bond acceptors (Lipinski definition) is 4. The first-order chi connectivity index (χ1) is 10.1. The van der Waals surface area contributed by atoms with E-state index in [-0.39, 0.29) is 5.76 Å². The molecule has 1 aromatic heterocycles. The number of ether oxygens (including phenoxy) is 1. The van der Waals surface area contributed by atoms with Crippen molar-refractivity contribution in [2.75, 3.05) is 5.32 Å². The van der Waals surface area contributed by atoms with Crippen molar-refractivity contribution in [3.8, 4) is 0 Å². The summed E-state index contributed by atoms with van der Waals surface area (Å²) in [5.74, 6) is -0.239. The summed E-state index contributed by atoms with van der Waals surface area (Å²) in [6.07, 6.45) is -0.218. The number of para-hydroxylation sites is 1. The average molecular weight is 287 g/mol. The van der Waals surface area contributed by atoms with Crippen molar-refractivity contribution >= 4 is 17.6 Å². The Hall–Kier alpha value is -2.56. The fourth-order valence-electron chi connectivity index (χ4n) is 1.72. The van der Waals surface area contributed by atoms with Crippen molar-refractivity contribution < 1.29 is 18.7 Å². The number of carbonyl (C=O) groups excluding carboxylic acids is 2. The molecule has 1 unspecified atom stereocenters. The van der Waals surface area contributed by atoms with E-state index in [2.05, 4.69) is 5.32 Å². The molecule has 0 bridgehead atoms. The summed E-state index contributed by atoms with van der Waals surface area (Å²) >= 11 is 0. The lowest BCUT2D eigenvalue weighted by atomic mass is 10.3. The second kappa shape index (κ2) is 6.74. The summed E-state index contributed by atoms with van der Waals surface area (Å²) in [5.41, 5.74) is 0.650. The van der Waals surface area contributed by atoms with Gasteiger partial charge < -0.3 is 14.5 Å². The van der Waals surface area contributed by atoms with Gasteiger partial charge in [0.15, 0.2) is 6.10 Å². The number of esters is 1. The monoisotopic (exact) mass is 287 g/mol. The zero-order valence-corrected chi connectivity index (χ0v) is 12.0. The molecule has 21 heavy (non-hydrogen) atoms. The van der Waals surface area contributed by atoms with Gasteiger partial charge in [0.05, 0.1) is 0 Å². The number of carbonyl (C=O) groups is 2. The molecular weight excluding hydrogens is 270 g/mol. The van der Waals surface area contributed by atoms with Gasteiger partial charge in [-0.2, -0.15) is 0 Å². The summed E-state index contributed by atoms with van der Waals surface area (Å²) in [7, 11) is 0. The first-order valence-electron chi connectivity index (χ1n) is 6.75. The number of furan rings is 1. The topological polar surface area (TPSA) is 68.5 Å². The van der Waals surface area contributed by atoms with Crippen molar-refractivity contribution in [2.45, 2.75) is 26.4 Å². The van der Waals surface area contributed by atoms with Crippen molar-refractivity contribution in [3.63, 3.8) is 0 Å². The van der Waals surface area contributed by atoms with Gasteiger partial charge in [-0.25, -0.2) is 4.79 Å². The van der Waals surface area contributed by atoms with Gasteiger partial charge in [-0.15, -0.1) is 0 Å². The zero-order chi connectivity index (χ0) is 15.2. The molecule has 1 heterocycles. The molecule has 2 aromatic rings. The molecule has 2 rings (SSSR count). The van der Waals surface area contributed by atoms with Gasteiger partial charge >= 0.3 is 5.97 Å². The number of amides is 1. The second-order valence-electron chi connectivity index (χ2n) is 4.52. The summed E-state index contributed by atoms with van der Waals surface area (Å²) in [6, 6.07) is 12.2. The lowest BCUT2D eigenvalue weighted by Crippen LogP contribution is -2.29. The minimum atomic E-state index is -0.909. The Labute approximate surface area is 122 Å². The van der Waals surface area contributed by atoms with Crippen molar-refractivity contribution in [1.82, 2.24) is 0 Å². The van der Waals surface area contributed by atoms with Gasteiger partial charge in [-0.1, -0.05) is 25.1 Å². The number of nitrogens with one attached hydrogen (secondary N) is 1. The van der Waals surface area contributed by atoms with Gasteiger partial charge in [0.1, 0.15) is 5.76 Å². The van der Waals surface area contributed by atoms with Crippen LogP contribution in [-0.2, 0) is 16.0 Å². The number of anilines is 1. The molecule has 1 N–H and O–H groups in total. The molecule has 0 saturated heterocycles. The Morgan fingerprint density at radius 3 is 2.52 bits per heavy atom. The van der Waals surface area contributed by atoms with E-state index >= 15 is 0 Å². The van der Waals surface area contributed by atoms with Crippen LogP contribution in [0.15, 0.2) is 46.9 Å². The third kappa shape index (κ3) is 3.95. The van der Waals surface area contributed by atoms with Crippen LogP contribution in [0.2, 0.25) is 0 Å². The van der Waals surface area contributed by atoms with Crippen LogP contribution >= 0.6 is 0 Å². The Morgan fingerprint density at radius 1 is 1.19 bits per heavy atom. The molecule has 1 amide bonds. The van der Waals surface area contributed by atoms with Gasteiger partial charge in [0.25, 0.3) is 5.91 Å². The predicted octanol–water partition coefficient (Wildman–Crippen LogP) is 3.03. The molecule has 0 radical (unpaired) electrons. The molecule has 1 atom stereocenters. The largest absolute Gasteiger partial charge is 0.454 e. The molecule has 1 aromatic carbocycles. The van der Waals surface area contributed by atoms with E-state index in [1.807, 2.05) is 13.0 Å². The molecule has 0 spiro atoms. The van der Waals surface area contributed by atoms with Crippen LogP contribution in [0.1, 0.15) is 30.2 Å². The van der Waals surface area contributed by atoms with E-state index in [0.29, 0.717) is 17.9 Å². The second-order valence-corrected chi connectivity index (χ2v) is 4.52. The Balaban J connectivity index is 1.92. The van der Waals surface area contributed by atoms with Crippen LogP contribution < -0.4 is 5.32 Å². The third-order valence-corrected chi connectivity index (χ3v) is 2.91. The van der Waals surface area contributed by atoms with Crippen molar-refractivity contribution in [1.29, 1.82) is 0 Å². The SMILES string of the molecule is CCc1ccc(C(=O)OC(C)C(=O)Nc2ccccc2)o1. The Kier molecular flexibility index (Phi) is 4.77. The first kappa shape index (κ1) is 14.8. The van der Waals surface area contributed by atoms with E-state index in [1.54, 1.807) is 36.4 Å². The fourth-order valence-corrected chi connectivity index (χ4v) is 1.72. The standard InChI is InChI=1S/C16H17NO4/c1-3-13-9-10-14(21-13)16(19)20-11(2)15(18)17-12-7-5-4-6-8-12/h4-11H,3H2,1-2H3,(H,17,18). The van der Waals surface area contributed by atoms with E-state index in [9.17, 15) is 9.59 Å². The highest BCUT2D eigenvalue weighted by atomic mass is 16.6. The van der Waals surface area contributed by atoms with Gasteiger partial charge in [-0.3, -0.25) is 4.79 Å². The average Bonchev–Trinajstić information content (AvgIpc) is 2.97. The zero-order valence-electron chi connectivity index (χ0n) is 12.0. The number of benzene rings is 1. The van der Waals surface area contributed by atoms with Crippen LogP contribution in [0.4, 0.5) is 5.69 Å². The van der Waals surface area contributed by atoms with Gasteiger partial charge in [0, 0.05) is 12.1 Å². The first-order valence-corrected chi connectivity index (χ1v) is 6.75. The van der Waals surface area contributed by atoms with E-state index in [4.69, 9.17) is 9.15 Å². The normalized spacial score (nSPS) is 11.7. The van der Waals surface area contributed by atoms with E-state index in [1.165, 1.54) is 6.92 Å². The quantitative estimate of drug-likeness (QED) is 0.858. The smallest absolute Gasteiger partial charge is 0.375 e. The number of aryl methyl sites for hydroxylation is 1. The Morgan fingerprint density at radius 2 is 1.90 bits per heavy atom. The van der Waals surface area contributed by atoms with Crippen LogP contribution in [0.5, 0.6) is 0 Å². The Bertz CT molecular complexity index is 618. The highest BCUT2D eigenvalue weighted by Crippen LogP contribution is 2.12.